The van der Waals surface area contributed by atoms with Gasteiger partial charge in [0.2, 0.25) is 0 Å². The van der Waals surface area contributed by atoms with Crippen LogP contribution in [-0.2, 0) is 17.8 Å². The molecule has 0 unspecified atom stereocenters. The summed E-state index contributed by atoms with van der Waals surface area (Å²) < 4.78 is 16.1. The molecule has 0 radical (unpaired) electrons. The number of hydrogen-bond acceptors (Lipinski definition) is 5. The maximum Gasteiger partial charge on any atom is 0.255 e. The van der Waals surface area contributed by atoms with Crippen molar-refractivity contribution >= 4 is 29.9 Å². The summed E-state index contributed by atoms with van der Waals surface area (Å²) in [6.45, 7) is 3.52. The number of hydrogen-bond donors (Lipinski definition) is 2. The zero-order valence-corrected chi connectivity index (χ0v) is 17.6. The maximum atomic E-state index is 10.9. The van der Waals surface area contributed by atoms with E-state index in [2.05, 4.69) is 17.4 Å². The molecular formula is C20H26Cl2N2O4. The summed E-state index contributed by atoms with van der Waals surface area (Å²) >= 11 is 6.29. The lowest BCUT2D eigenvalue weighted by atomic mass is 10.1. The highest BCUT2D eigenvalue weighted by Gasteiger charge is 2.13. The van der Waals surface area contributed by atoms with Gasteiger partial charge in [-0.05, 0) is 55.3 Å². The fourth-order valence-corrected chi connectivity index (χ4v) is 2.82. The Morgan fingerprint density at radius 3 is 2.46 bits per heavy atom. The predicted molar refractivity (Wildman–Crippen MR) is 113 cm³/mol. The molecule has 0 spiro atoms. The van der Waals surface area contributed by atoms with Gasteiger partial charge in [0, 0.05) is 6.54 Å². The Bertz CT molecular complexity index is 755. The minimum absolute atomic E-state index is 0. The van der Waals surface area contributed by atoms with Gasteiger partial charge in [-0.2, -0.15) is 0 Å². The smallest absolute Gasteiger partial charge is 0.255 e. The van der Waals surface area contributed by atoms with E-state index >= 15 is 0 Å². The number of ether oxygens (including phenoxy) is 3. The van der Waals surface area contributed by atoms with Crippen LogP contribution in [0.3, 0.4) is 0 Å². The zero-order valence-electron chi connectivity index (χ0n) is 16.0. The van der Waals surface area contributed by atoms with Crippen molar-refractivity contribution in [3.8, 4) is 17.2 Å². The molecule has 0 saturated carbocycles. The van der Waals surface area contributed by atoms with Gasteiger partial charge in [-0.25, -0.2) is 0 Å². The van der Waals surface area contributed by atoms with Crippen LogP contribution in [0.2, 0.25) is 5.02 Å². The molecule has 2 aromatic rings. The van der Waals surface area contributed by atoms with Gasteiger partial charge < -0.3 is 25.3 Å². The van der Waals surface area contributed by atoms with Crippen molar-refractivity contribution in [1.82, 2.24) is 5.32 Å². The SMILES string of the molecule is CCOc1cc(CNCCc2ccc(OC)cc2)cc(Cl)c1OCC(N)=O.Cl. The lowest BCUT2D eigenvalue weighted by molar-refractivity contribution is -0.119. The topological polar surface area (TPSA) is 82.8 Å². The summed E-state index contributed by atoms with van der Waals surface area (Å²) in [6, 6.07) is 11.7. The van der Waals surface area contributed by atoms with Crippen molar-refractivity contribution in [1.29, 1.82) is 0 Å². The largest absolute Gasteiger partial charge is 0.497 e. The highest BCUT2D eigenvalue weighted by atomic mass is 35.5. The molecule has 2 aromatic carbocycles. The Morgan fingerprint density at radius 1 is 1.14 bits per heavy atom. The number of amides is 1. The van der Waals surface area contributed by atoms with Gasteiger partial charge in [0.25, 0.3) is 5.91 Å². The number of nitrogens with two attached hydrogens (primary N) is 1. The molecule has 28 heavy (non-hydrogen) atoms. The van der Waals surface area contributed by atoms with Gasteiger partial charge >= 0.3 is 0 Å². The van der Waals surface area contributed by atoms with Crippen LogP contribution in [0.25, 0.3) is 0 Å². The highest BCUT2D eigenvalue weighted by Crippen LogP contribution is 2.36. The molecule has 0 atom stereocenters. The van der Waals surface area contributed by atoms with E-state index in [1.54, 1.807) is 13.2 Å². The summed E-state index contributed by atoms with van der Waals surface area (Å²) in [6.07, 6.45) is 0.899. The number of carbonyl (C=O) groups excluding carboxylic acids is 1. The zero-order chi connectivity index (χ0) is 19.6. The van der Waals surface area contributed by atoms with Crippen LogP contribution in [0, 0.1) is 0 Å². The van der Waals surface area contributed by atoms with Crippen LogP contribution < -0.4 is 25.3 Å². The number of carbonyl (C=O) groups is 1. The van der Waals surface area contributed by atoms with Crippen molar-refractivity contribution in [3.63, 3.8) is 0 Å². The highest BCUT2D eigenvalue weighted by molar-refractivity contribution is 6.32. The molecule has 0 aromatic heterocycles. The Balaban J connectivity index is 0.00000392. The standard InChI is InChI=1S/C20H25ClN2O4.ClH/c1-3-26-18-11-15(10-17(21)20(18)27-13-19(22)24)12-23-9-8-14-4-6-16(25-2)7-5-14;/h4-7,10-11,23H,3,8-9,12-13H2,1-2H3,(H2,22,24);1H. The molecule has 2 rings (SSSR count). The first-order chi connectivity index (χ1) is 13.0. The van der Waals surface area contributed by atoms with Crippen molar-refractivity contribution in [2.75, 3.05) is 26.9 Å². The molecule has 0 aliphatic rings. The van der Waals surface area contributed by atoms with Crippen LogP contribution in [0.15, 0.2) is 36.4 Å². The van der Waals surface area contributed by atoms with Gasteiger partial charge in [0.1, 0.15) is 5.75 Å². The van der Waals surface area contributed by atoms with Crippen molar-refractivity contribution < 1.29 is 19.0 Å². The fraction of sp³-hybridized carbons (Fsp3) is 0.350. The lowest BCUT2D eigenvalue weighted by Crippen LogP contribution is -2.20. The fourth-order valence-electron chi connectivity index (χ4n) is 2.53. The van der Waals surface area contributed by atoms with Gasteiger partial charge in [0.05, 0.1) is 18.7 Å². The van der Waals surface area contributed by atoms with E-state index in [0.29, 0.717) is 29.7 Å². The van der Waals surface area contributed by atoms with E-state index < -0.39 is 5.91 Å². The predicted octanol–water partition coefficient (Wildman–Crippen LogP) is 3.37. The van der Waals surface area contributed by atoms with Crippen LogP contribution in [0.5, 0.6) is 17.2 Å². The third-order valence-electron chi connectivity index (χ3n) is 3.81. The van der Waals surface area contributed by atoms with E-state index in [0.717, 1.165) is 24.3 Å². The monoisotopic (exact) mass is 428 g/mol. The number of benzene rings is 2. The van der Waals surface area contributed by atoms with E-state index in [-0.39, 0.29) is 19.0 Å². The van der Waals surface area contributed by atoms with Gasteiger partial charge in [0.15, 0.2) is 18.1 Å². The Morgan fingerprint density at radius 2 is 1.86 bits per heavy atom. The van der Waals surface area contributed by atoms with Gasteiger partial charge in [-0.15, -0.1) is 12.4 Å². The first-order valence-corrected chi connectivity index (χ1v) is 9.11. The first-order valence-electron chi connectivity index (χ1n) is 8.73. The Labute approximate surface area is 176 Å². The molecule has 6 nitrogen and oxygen atoms in total. The summed E-state index contributed by atoms with van der Waals surface area (Å²) in [5, 5.41) is 3.77. The number of rotatable bonds is 11. The molecule has 3 N–H and O–H groups in total. The average Bonchev–Trinajstić information content (AvgIpc) is 2.65. The molecule has 1 amide bonds. The normalized spacial score (nSPS) is 10.1. The van der Waals surface area contributed by atoms with Crippen LogP contribution >= 0.6 is 24.0 Å². The molecule has 8 heteroatoms. The number of nitrogens with one attached hydrogen (secondary N) is 1. The third-order valence-corrected chi connectivity index (χ3v) is 4.09. The number of primary amides is 1. The second kappa shape index (κ2) is 12.3. The van der Waals surface area contributed by atoms with Crippen molar-refractivity contribution in [3.05, 3.63) is 52.5 Å². The Kier molecular flexibility index (Phi) is 10.5. The van der Waals surface area contributed by atoms with E-state index in [4.69, 9.17) is 31.5 Å². The molecule has 0 fully saturated rings. The van der Waals surface area contributed by atoms with Gasteiger partial charge in [-0.1, -0.05) is 23.7 Å². The molecule has 0 aliphatic carbocycles. The summed E-state index contributed by atoms with van der Waals surface area (Å²) in [5.74, 6) is 1.11. The molecule has 154 valence electrons. The summed E-state index contributed by atoms with van der Waals surface area (Å²) in [4.78, 5) is 10.9. The third kappa shape index (κ3) is 7.46. The van der Waals surface area contributed by atoms with Crippen LogP contribution in [-0.4, -0.2) is 32.8 Å². The molecule has 0 saturated heterocycles. The summed E-state index contributed by atoms with van der Waals surface area (Å²) in [7, 11) is 1.66. The maximum absolute atomic E-state index is 10.9. The molecule has 0 bridgehead atoms. The molecular weight excluding hydrogens is 403 g/mol. The van der Waals surface area contributed by atoms with E-state index in [1.807, 2.05) is 25.1 Å². The van der Waals surface area contributed by atoms with Crippen molar-refractivity contribution in [2.24, 2.45) is 5.73 Å². The quantitative estimate of drug-likeness (QED) is 0.536. The number of methoxy groups -OCH3 is 1. The minimum atomic E-state index is -0.571. The Hall–Kier alpha value is -2.15. The van der Waals surface area contributed by atoms with E-state index in [9.17, 15) is 4.79 Å². The second-order valence-electron chi connectivity index (χ2n) is 5.87. The lowest BCUT2D eigenvalue weighted by Gasteiger charge is -2.15. The average molecular weight is 429 g/mol. The van der Waals surface area contributed by atoms with Crippen LogP contribution in [0.1, 0.15) is 18.1 Å². The molecule has 0 heterocycles. The van der Waals surface area contributed by atoms with Crippen LogP contribution in [0.4, 0.5) is 0 Å². The van der Waals surface area contributed by atoms with Crippen molar-refractivity contribution in [2.45, 2.75) is 19.9 Å². The van der Waals surface area contributed by atoms with Gasteiger partial charge in [-0.3, -0.25) is 4.79 Å². The first kappa shape index (κ1) is 23.9. The second-order valence-corrected chi connectivity index (χ2v) is 6.27. The summed E-state index contributed by atoms with van der Waals surface area (Å²) in [5.41, 5.74) is 7.32. The van der Waals surface area contributed by atoms with E-state index in [1.165, 1.54) is 5.56 Å². The molecule has 0 aliphatic heterocycles. The minimum Gasteiger partial charge on any atom is -0.497 e. The number of halogens is 2.